The fourth-order valence-corrected chi connectivity index (χ4v) is 1.03. The van der Waals surface area contributed by atoms with Gasteiger partial charge in [-0.15, -0.1) is 0 Å². The van der Waals surface area contributed by atoms with Gasteiger partial charge in [0.25, 0.3) is 0 Å². The van der Waals surface area contributed by atoms with Crippen molar-refractivity contribution >= 4 is 6.08 Å². The Morgan fingerprint density at radius 3 is 2.82 bits per heavy atom. The van der Waals surface area contributed by atoms with E-state index in [2.05, 4.69) is 31.1 Å². The third-order valence-corrected chi connectivity index (χ3v) is 1.69. The highest BCUT2D eigenvalue weighted by molar-refractivity contribution is 5.48. The molecule has 0 saturated heterocycles. The second-order valence-corrected chi connectivity index (χ2v) is 2.65. The number of nitrogens with zero attached hydrogens (tertiary/aromatic N) is 2. The molecule has 0 aliphatic carbocycles. The summed E-state index contributed by atoms with van der Waals surface area (Å²) in [6, 6.07) is 0. The highest BCUT2D eigenvalue weighted by Gasteiger charge is 1.97. The van der Waals surface area contributed by atoms with E-state index in [1.807, 2.05) is 17.9 Å². The molecule has 11 heavy (non-hydrogen) atoms. The summed E-state index contributed by atoms with van der Waals surface area (Å²) in [5, 5.41) is 4.13. The Hall–Kier alpha value is -1.05. The minimum atomic E-state index is 1.07. The fourth-order valence-electron chi connectivity index (χ4n) is 1.03. The van der Waals surface area contributed by atoms with Gasteiger partial charge >= 0.3 is 0 Å². The highest BCUT2D eigenvalue weighted by Crippen LogP contribution is 2.07. The average molecular weight is 150 g/mol. The Morgan fingerprint density at radius 2 is 2.36 bits per heavy atom. The van der Waals surface area contributed by atoms with Gasteiger partial charge in [0.1, 0.15) is 0 Å². The zero-order valence-corrected chi connectivity index (χ0v) is 7.33. The van der Waals surface area contributed by atoms with E-state index in [0.29, 0.717) is 0 Å². The third-order valence-electron chi connectivity index (χ3n) is 1.69. The van der Waals surface area contributed by atoms with Gasteiger partial charge in [-0.2, -0.15) is 5.10 Å². The number of rotatable bonds is 2. The fraction of sp³-hybridized carbons (Fsp3) is 0.444. The van der Waals surface area contributed by atoms with Crippen LogP contribution < -0.4 is 0 Å². The molecule has 1 heterocycles. The lowest BCUT2D eigenvalue weighted by molar-refractivity contribution is 0.759. The van der Waals surface area contributed by atoms with Crippen LogP contribution in [0.15, 0.2) is 12.3 Å². The maximum Gasteiger partial charge on any atom is 0.0632 e. The maximum atomic E-state index is 4.13. The lowest BCUT2D eigenvalue weighted by Gasteiger charge is -1.94. The molecule has 0 aliphatic heterocycles. The Kier molecular flexibility index (Phi) is 2.47. The summed E-state index contributed by atoms with van der Waals surface area (Å²) >= 11 is 0. The first-order chi connectivity index (χ1) is 5.25. The first kappa shape index (κ1) is 8.05. The number of aryl methyl sites for hydroxylation is 2. The third kappa shape index (κ3) is 1.70. The Bertz CT molecular complexity index is 239. The van der Waals surface area contributed by atoms with Crippen LogP contribution in [-0.2, 0) is 7.05 Å². The molecule has 2 heteroatoms. The van der Waals surface area contributed by atoms with E-state index in [4.69, 9.17) is 0 Å². The lowest BCUT2D eigenvalue weighted by atomic mass is 10.2. The van der Waals surface area contributed by atoms with Crippen LogP contribution in [0.25, 0.3) is 6.08 Å². The van der Waals surface area contributed by atoms with E-state index < -0.39 is 0 Å². The first-order valence-electron chi connectivity index (χ1n) is 3.91. The molecule has 0 atom stereocenters. The van der Waals surface area contributed by atoms with Crippen molar-refractivity contribution in [3.63, 3.8) is 0 Å². The van der Waals surface area contributed by atoms with Crippen molar-refractivity contribution < 1.29 is 0 Å². The van der Waals surface area contributed by atoms with Gasteiger partial charge in [-0.3, -0.25) is 4.68 Å². The zero-order chi connectivity index (χ0) is 8.27. The predicted molar refractivity (Wildman–Crippen MR) is 47.3 cm³/mol. The molecule has 60 valence electrons. The minimum Gasteiger partial charge on any atom is -0.268 e. The van der Waals surface area contributed by atoms with Gasteiger partial charge in [0.2, 0.25) is 0 Å². The van der Waals surface area contributed by atoms with E-state index in [1.165, 1.54) is 11.3 Å². The monoisotopic (exact) mass is 150 g/mol. The van der Waals surface area contributed by atoms with Gasteiger partial charge in [-0.05, 0) is 25.0 Å². The molecular weight excluding hydrogens is 136 g/mol. The van der Waals surface area contributed by atoms with Crippen LogP contribution >= 0.6 is 0 Å². The van der Waals surface area contributed by atoms with Crippen molar-refractivity contribution in [1.29, 1.82) is 0 Å². The van der Waals surface area contributed by atoms with Crippen LogP contribution in [-0.4, -0.2) is 9.78 Å². The second-order valence-electron chi connectivity index (χ2n) is 2.65. The van der Waals surface area contributed by atoms with Crippen molar-refractivity contribution in [3.05, 3.63) is 23.5 Å². The molecule has 0 bridgehead atoms. The number of hydrogen-bond acceptors (Lipinski definition) is 1. The van der Waals surface area contributed by atoms with Gasteiger partial charge in [0.05, 0.1) is 11.9 Å². The van der Waals surface area contributed by atoms with E-state index >= 15 is 0 Å². The summed E-state index contributed by atoms with van der Waals surface area (Å²) in [6.07, 6.45) is 7.21. The summed E-state index contributed by atoms with van der Waals surface area (Å²) in [5.74, 6) is 0. The Morgan fingerprint density at radius 1 is 1.64 bits per heavy atom. The molecule has 0 fully saturated rings. The van der Waals surface area contributed by atoms with E-state index in [1.54, 1.807) is 0 Å². The van der Waals surface area contributed by atoms with Gasteiger partial charge in [0, 0.05) is 7.05 Å². The molecular formula is C9H14N2. The number of allylic oxidation sites excluding steroid dienone is 1. The van der Waals surface area contributed by atoms with Crippen molar-refractivity contribution in [1.82, 2.24) is 9.78 Å². The largest absolute Gasteiger partial charge is 0.268 e. The van der Waals surface area contributed by atoms with Crippen LogP contribution in [0.3, 0.4) is 0 Å². The molecule has 1 aromatic rings. The van der Waals surface area contributed by atoms with Crippen molar-refractivity contribution in [2.24, 2.45) is 7.05 Å². The average Bonchev–Trinajstić information content (AvgIpc) is 2.29. The standard InChI is InChI=1S/C9H14N2/c1-4-5-6-9-8(2)7-10-11(9)3/h5-7H,4H2,1-3H3/b6-5+. The van der Waals surface area contributed by atoms with Gasteiger partial charge < -0.3 is 0 Å². The second kappa shape index (κ2) is 3.37. The Balaban J connectivity index is 2.92. The lowest BCUT2D eigenvalue weighted by Crippen LogP contribution is -1.92. The van der Waals surface area contributed by atoms with Crippen LogP contribution in [0.2, 0.25) is 0 Å². The van der Waals surface area contributed by atoms with Crippen molar-refractivity contribution in [2.75, 3.05) is 0 Å². The SMILES string of the molecule is CC/C=C/c1c(C)cnn1C. The molecule has 1 rings (SSSR count). The molecule has 0 N–H and O–H groups in total. The Labute approximate surface area is 67.5 Å². The molecule has 0 radical (unpaired) electrons. The van der Waals surface area contributed by atoms with Crippen molar-refractivity contribution in [2.45, 2.75) is 20.3 Å². The summed E-state index contributed by atoms with van der Waals surface area (Å²) in [4.78, 5) is 0. The van der Waals surface area contributed by atoms with Crippen LogP contribution in [0.5, 0.6) is 0 Å². The smallest absolute Gasteiger partial charge is 0.0632 e. The van der Waals surface area contributed by atoms with E-state index in [-0.39, 0.29) is 0 Å². The number of hydrogen-bond donors (Lipinski definition) is 0. The van der Waals surface area contributed by atoms with E-state index in [9.17, 15) is 0 Å². The van der Waals surface area contributed by atoms with Crippen molar-refractivity contribution in [3.8, 4) is 0 Å². The minimum absolute atomic E-state index is 1.07. The normalized spacial score (nSPS) is 11.2. The summed E-state index contributed by atoms with van der Waals surface area (Å²) in [5.41, 5.74) is 2.43. The number of aromatic nitrogens is 2. The molecule has 0 spiro atoms. The van der Waals surface area contributed by atoms with Gasteiger partial charge in [-0.1, -0.05) is 13.0 Å². The van der Waals surface area contributed by atoms with E-state index in [0.717, 1.165) is 6.42 Å². The summed E-state index contributed by atoms with van der Waals surface area (Å²) < 4.78 is 1.89. The maximum absolute atomic E-state index is 4.13. The topological polar surface area (TPSA) is 17.8 Å². The van der Waals surface area contributed by atoms with Crippen LogP contribution in [0.1, 0.15) is 24.6 Å². The van der Waals surface area contributed by atoms with Crippen LogP contribution in [0.4, 0.5) is 0 Å². The zero-order valence-electron chi connectivity index (χ0n) is 7.33. The summed E-state index contributed by atoms with van der Waals surface area (Å²) in [6.45, 7) is 4.20. The quantitative estimate of drug-likeness (QED) is 0.631. The molecule has 0 amide bonds. The highest BCUT2D eigenvalue weighted by atomic mass is 15.3. The molecule has 0 aromatic carbocycles. The first-order valence-corrected chi connectivity index (χ1v) is 3.91. The van der Waals surface area contributed by atoms with Crippen LogP contribution in [0, 0.1) is 6.92 Å². The molecule has 0 unspecified atom stereocenters. The molecule has 0 saturated carbocycles. The molecule has 0 aliphatic rings. The molecule has 2 nitrogen and oxygen atoms in total. The van der Waals surface area contributed by atoms with Gasteiger partial charge in [0.15, 0.2) is 0 Å². The summed E-state index contributed by atoms with van der Waals surface area (Å²) in [7, 11) is 1.96. The van der Waals surface area contributed by atoms with Gasteiger partial charge in [-0.25, -0.2) is 0 Å². The predicted octanol–water partition coefficient (Wildman–Crippen LogP) is 2.15. The molecule has 1 aromatic heterocycles.